The highest BCUT2D eigenvalue weighted by molar-refractivity contribution is 7.47. The van der Waals surface area contributed by atoms with Gasteiger partial charge in [0.05, 0.1) is 13.2 Å². The highest BCUT2D eigenvalue weighted by Crippen LogP contribution is 2.43. The van der Waals surface area contributed by atoms with Crippen molar-refractivity contribution in [3.05, 3.63) is 60.8 Å². The van der Waals surface area contributed by atoms with E-state index in [0.29, 0.717) is 12.8 Å². The molecule has 55 heavy (non-hydrogen) atoms. The molecule has 0 rings (SSSR count). The number of rotatable bonds is 38. The number of aliphatic carboxylic acids is 1. The Morgan fingerprint density at radius 1 is 0.600 bits per heavy atom. The monoisotopic (exact) mass is 796 g/mol. The zero-order valence-electron chi connectivity index (χ0n) is 34.0. The maximum Gasteiger partial charge on any atom is 0.472 e. The van der Waals surface area contributed by atoms with Crippen LogP contribution in [-0.4, -0.2) is 64.9 Å². The van der Waals surface area contributed by atoms with Gasteiger partial charge in [0.1, 0.15) is 12.7 Å². The van der Waals surface area contributed by atoms with Crippen molar-refractivity contribution in [2.45, 2.75) is 174 Å². The van der Waals surface area contributed by atoms with E-state index in [0.717, 1.165) is 77.0 Å². The summed E-state index contributed by atoms with van der Waals surface area (Å²) in [6, 6.07) is -1.56. The minimum atomic E-state index is -4.77. The summed E-state index contributed by atoms with van der Waals surface area (Å²) in [7, 11) is -4.77. The SMILES string of the molecule is CC/C=C\C/C=C\C/C=C\C/C=C\CCCCC(=O)OCC(O)COP(=O)(O)OCC(NC(=O)CCCCCCC/C=C\CCCCCCCCC)C(=O)O. The van der Waals surface area contributed by atoms with E-state index in [1.54, 1.807) is 0 Å². The van der Waals surface area contributed by atoms with Crippen LogP contribution >= 0.6 is 7.82 Å². The number of carboxylic acids is 1. The number of phosphoric acid groups is 1. The lowest BCUT2D eigenvalue weighted by Gasteiger charge is -2.18. The quantitative estimate of drug-likeness (QED) is 0.0204. The van der Waals surface area contributed by atoms with Crippen LogP contribution in [0.4, 0.5) is 0 Å². The van der Waals surface area contributed by atoms with Gasteiger partial charge in [-0.25, -0.2) is 9.36 Å². The van der Waals surface area contributed by atoms with E-state index in [9.17, 15) is 34.1 Å². The van der Waals surface area contributed by atoms with Gasteiger partial charge in [-0.2, -0.15) is 0 Å². The standard InChI is InChI=1S/C43H74NO10P/c1-3-5-7-9-11-13-15-17-19-21-22-24-26-28-30-32-34-41(46)44-40(43(48)49)38-54-55(50,51)53-37-39(45)36-52-42(47)35-33-31-29-27-25-23-20-18-16-14-12-10-8-6-4-2/h6,8,12,14,18-21,25,27,39-40,45H,3-5,7,9-11,13,15-17,22-24,26,28-38H2,1-2H3,(H,44,46)(H,48,49)(H,50,51)/b8-6-,14-12-,20-18-,21-19-,27-25-. The van der Waals surface area contributed by atoms with Gasteiger partial charge >= 0.3 is 19.8 Å². The topological polar surface area (TPSA) is 169 Å². The molecule has 0 aliphatic heterocycles. The molecule has 3 atom stereocenters. The van der Waals surface area contributed by atoms with Gasteiger partial charge in [-0.05, 0) is 77.0 Å². The van der Waals surface area contributed by atoms with Crippen LogP contribution in [-0.2, 0) is 32.7 Å². The lowest BCUT2D eigenvalue weighted by Crippen LogP contribution is -2.43. The molecule has 0 fully saturated rings. The number of carboxylic acid groups (broad SMARTS) is 1. The number of allylic oxidation sites excluding steroid dienone is 10. The first-order valence-corrected chi connectivity index (χ1v) is 22.3. The lowest BCUT2D eigenvalue weighted by molar-refractivity contribution is -0.147. The Kier molecular flexibility index (Phi) is 36.1. The molecule has 1 amide bonds. The maximum atomic E-state index is 12.3. The number of carbonyl (C=O) groups excluding carboxylic acids is 2. The molecular formula is C43H74NO10P. The van der Waals surface area contributed by atoms with Gasteiger partial charge in [0.15, 0.2) is 6.04 Å². The van der Waals surface area contributed by atoms with Crippen molar-refractivity contribution in [3.8, 4) is 0 Å². The Bertz CT molecular complexity index is 1170. The van der Waals surface area contributed by atoms with Crippen LogP contribution in [0.1, 0.15) is 162 Å². The Morgan fingerprint density at radius 2 is 1.05 bits per heavy atom. The van der Waals surface area contributed by atoms with Crippen molar-refractivity contribution in [3.63, 3.8) is 0 Å². The third kappa shape index (κ3) is 37.9. The second-order valence-electron chi connectivity index (χ2n) is 13.8. The Labute approximate surface area is 332 Å². The van der Waals surface area contributed by atoms with Crippen LogP contribution in [0, 0.1) is 0 Å². The molecule has 0 saturated heterocycles. The largest absolute Gasteiger partial charge is 0.480 e. The van der Waals surface area contributed by atoms with Crippen molar-refractivity contribution >= 4 is 25.7 Å². The van der Waals surface area contributed by atoms with Crippen LogP contribution in [0.3, 0.4) is 0 Å². The second-order valence-corrected chi connectivity index (χ2v) is 15.2. The van der Waals surface area contributed by atoms with Crippen molar-refractivity contribution in [1.29, 1.82) is 0 Å². The van der Waals surface area contributed by atoms with E-state index in [2.05, 4.69) is 79.9 Å². The van der Waals surface area contributed by atoms with E-state index in [4.69, 9.17) is 13.8 Å². The van der Waals surface area contributed by atoms with Gasteiger partial charge in [-0.3, -0.25) is 18.6 Å². The number of aliphatic hydroxyl groups is 1. The van der Waals surface area contributed by atoms with Gasteiger partial charge in [0.25, 0.3) is 0 Å². The Morgan fingerprint density at radius 3 is 1.62 bits per heavy atom. The molecule has 0 aromatic heterocycles. The Balaban J connectivity index is 4.00. The predicted molar refractivity (Wildman–Crippen MR) is 222 cm³/mol. The number of aliphatic hydroxyl groups excluding tert-OH is 1. The average molecular weight is 796 g/mol. The van der Waals surface area contributed by atoms with Crippen molar-refractivity contribution in [2.75, 3.05) is 19.8 Å². The lowest BCUT2D eigenvalue weighted by atomic mass is 10.1. The number of nitrogens with one attached hydrogen (secondary N) is 1. The average Bonchev–Trinajstić information content (AvgIpc) is 3.16. The van der Waals surface area contributed by atoms with Crippen molar-refractivity contribution in [1.82, 2.24) is 5.32 Å². The first-order valence-electron chi connectivity index (χ1n) is 20.8. The number of esters is 1. The van der Waals surface area contributed by atoms with Gasteiger partial charge in [0.2, 0.25) is 5.91 Å². The summed E-state index contributed by atoms with van der Waals surface area (Å²) < 4.78 is 26.7. The van der Waals surface area contributed by atoms with Crippen LogP contribution < -0.4 is 5.32 Å². The summed E-state index contributed by atoms with van der Waals surface area (Å²) in [6.07, 6.45) is 42.5. The van der Waals surface area contributed by atoms with Crippen LogP contribution in [0.5, 0.6) is 0 Å². The number of unbranched alkanes of at least 4 members (excludes halogenated alkanes) is 14. The number of ether oxygens (including phenoxy) is 1. The molecular weight excluding hydrogens is 721 g/mol. The molecule has 4 N–H and O–H groups in total. The van der Waals surface area contributed by atoms with Crippen molar-refractivity contribution < 1.29 is 47.8 Å². The van der Waals surface area contributed by atoms with Crippen molar-refractivity contribution in [2.24, 2.45) is 0 Å². The van der Waals surface area contributed by atoms with E-state index in [1.807, 2.05) is 0 Å². The van der Waals surface area contributed by atoms with E-state index in [1.165, 1.54) is 44.9 Å². The summed E-state index contributed by atoms with van der Waals surface area (Å²) in [4.78, 5) is 45.8. The normalized spacial score (nSPS) is 14.4. The number of hydrogen-bond donors (Lipinski definition) is 4. The molecule has 0 aromatic carbocycles. The second kappa shape index (κ2) is 38.1. The summed E-state index contributed by atoms with van der Waals surface area (Å²) in [5.41, 5.74) is 0. The molecule has 0 bridgehead atoms. The molecule has 0 spiro atoms. The molecule has 12 heteroatoms. The fourth-order valence-electron chi connectivity index (χ4n) is 5.30. The van der Waals surface area contributed by atoms with Gasteiger partial charge in [0, 0.05) is 12.8 Å². The smallest absolute Gasteiger partial charge is 0.472 e. The minimum absolute atomic E-state index is 0.131. The van der Waals surface area contributed by atoms with Gasteiger partial charge in [-0.1, -0.05) is 132 Å². The first kappa shape index (κ1) is 52.2. The fraction of sp³-hybridized carbons (Fsp3) is 0.698. The van der Waals surface area contributed by atoms with E-state index >= 15 is 0 Å². The van der Waals surface area contributed by atoms with Gasteiger partial charge in [-0.15, -0.1) is 0 Å². The molecule has 0 aliphatic rings. The third-order valence-electron chi connectivity index (χ3n) is 8.54. The molecule has 0 aromatic rings. The molecule has 0 saturated carbocycles. The molecule has 3 unspecified atom stereocenters. The fourth-order valence-corrected chi connectivity index (χ4v) is 6.07. The number of phosphoric ester groups is 1. The minimum Gasteiger partial charge on any atom is -0.480 e. The number of carbonyl (C=O) groups is 3. The molecule has 0 radical (unpaired) electrons. The zero-order chi connectivity index (χ0) is 40.7. The predicted octanol–water partition coefficient (Wildman–Crippen LogP) is 10.4. The molecule has 316 valence electrons. The summed E-state index contributed by atoms with van der Waals surface area (Å²) in [6.45, 7) is 2.41. The first-order chi connectivity index (χ1) is 26.6. The van der Waals surface area contributed by atoms with E-state index in [-0.39, 0.29) is 12.8 Å². The summed E-state index contributed by atoms with van der Waals surface area (Å²) >= 11 is 0. The van der Waals surface area contributed by atoms with Crippen LogP contribution in [0.25, 0.3) is 0 Å². The third-order valence-corrected chi connectivity index (χ3v) is 9.49. The number of hydrogen-bond acceptors (Lipinski definition) is 8. The molecule has 0 aliphatic carbocycles. The molecule has 11 nitrogen and oxygen atoms in total. The maximum absolute atomic E-state index is 12.3. The highest BCUT2D eigenvalue weighted by atomic mass is 31.2. The van der Waals surface area contributed by atoms with Crippen LogP contribution in [0.2, 0.25) is 0 Å². The van der Waals surface area contributed by atoms with Crippen LogP contribution in [0.15, 0.2) is 60.8 Å². The number of amides is 1. The van der Waals surface area contributed by atoms with Gasteiger partial charge < -0.3 is 25.2 Å². The molecule has 0 heterocycles. The highest BCUT2D eigenvalue weighted by Gasteiger charge is 2.28. The Hall–Kier alpha value is -2.82. The summed E-state index contributed by atoms with van der Waals surface area (Å²) in [5.74, 6) is -2.44. The summed E-state index contributed by atoms with van der Waals surface area (Å²) in [5, 5.41) is 21.8. The zero-order valence-corrected chi connectivity index (χ0v) is 34.9. The van der Waals surface area contributed by atoms with E-state index < -0.39 is 57.6 Å².